The summed E-state index contributed by atoms with van der Waals surface area (Å²) in [4.78, 5) is 27.2. The number of carbonyl (C=O) groups is 1. The number of carbonyl (C=O) groups excluding carboxylic acids is 1. The average Bonchev–Trinajstić information content (AvgIpc) is 3.08. The third-order valence-corrected chi connectivity index (χ3v) is 4.41. The molecule has 2 aliphatic heterocycles. The van der Waals surface area contributed by atoms with Crippen LogP contribution >= 0.6 is 0 Å². The first-order valence-electron chi connectivity index (χ1n) is 9.43. The fraction of sp³-hybridized carbons (Fsp3) is 0.600. The number of nitrogens with zero attached hydrogens (tertiary/aromatic N) is 4. The molecule has 0 spiro atoms. The summed E-state index contributed by atoms with van der Waals surface area (Å²) in [5.74, 6) is 0.749. The minimum absolute atomic E-state index is 0.138. The number of piperidine rings is 1. The summed E-state index contributed by atoms with van der Waals surface area (Å²) < 4.78 is 11.4. The monoisotopic (exact) mass is 372 g/mol. The summed E-state index contributed by atoms with van der Waals surface area (Å²) in [6.45, 7) is 9.97. The van der Waals surface area contributed by atoms with E-state index in [4.69, 9.17) is 9.47 Å². The molecule has 7 nitrogen and oxygen atoms in total. The van der Waals surface area contributed by atoms with Crippen molar-refractivity contribution in [2.24, 2.45) is 9.98 Å². The Balaban J connectivity index is 1.43. The largest absolute Gasteiger partial charge is 0.444 e. The van der Waals surface area contributed by atoms with E-state index < -0.39 is 5.60 Å². The van der Waals surface area contributed by atoms with Gasteiger partial charge in [-0.15, -0.1) is 0 Å². The molecule has 0 saturated carbocycles. The third-order valence-electron chi connectivity index (χ3n) is 4.41. The predicted octanol–water partition coefficient (Wildman–Crippen LogP) is 3.01. The second kappa shape index (κ2) is 8.17. The van der Waals surface area contributed by atoms with E-state index >= 15 is 0 Å². The van der Waals surface area contributed by atoms with Crippen LogP contribution in [0.15, 0.2) is 28.3 Å². The topological polar surface area (TPSA) is 76.4 Å². The van der Waals surface area contributed by atoms with Crippen LogP contribution in [-0.2, 0) is 9.47 Å². The van der Waals surface area contributed by atoms with E-state index in [1.807, 2.05) is 39.8 Å². The highest BCUT2D eigenvalue weighted by molar-refractivity contribution is 6.12. The van der Waals surface area contributed by atoms with Crippen LogP contribution in [0.4, 0.5) is 4.79 Å². The van der Waals surface area contributed by atoms with Gasteiger partial charge in [0.25, 0.3) is 0 Å². The maximum atomic E-state index is 12.1. The summed E-state index contributed by atoms with van der Waals surface area (Å²) in [6.07, 6.45) is 3.29. The van der Waals surface area contributed by atoms with Crippen LogP contribution in [0.5, 0.6) is 0 Å². The van der Waals surface area contributed by atoms with Gasteiger partial charge in [-0.25, -0.2) is 9.79 Å². The molecule has 3 rings (SSSR count). The molecule has 1 aromatic rings. The molecule has 0 aliphatic carbocycles. The number of likely N-dealkylation sites (tertiary alicyclic amines) is 1. The number of aryl methyl sites for hydroxylation is 1. The molecule has 0 radical (unpaired) electrons. The molecule has 0 unspecified atom stereocenters. The van der Waals surface area contributed by atoms with Crippen LogP contribution in [0.3, 0.4) is 0 Å². The van der Waals surface area contributed by atoms with Crippen LogP contribution in [-0.4, -0.2) is 65.5 Å². The minimum Gasteiger partial charge on any atom is -0.444 e. The van der Waals surface area contributed by atoms with E-state index in [1.54, 1.807) is 11.1 Å². The number of rotatable bonds is 4. The van der Waals surface area contributed by atoms with Crippen molar-refractivity contribution in [3.8, 4) is 0 Å². The highest BCUT2D eigenvalue weighted by Crippen LogP contribution is 2.18. The molecule has 0 aromatic carbocycles. The molecule has 27 heavy (non-hydrogen) atoms. The lowest BCUT2D eigenvalue weighted by Crippen LogP contribution is -2.43. The lowest BCUT2D eigenvalue weighted by molar-refractivity contribution is -0.00287. The van der Waals surface area contributed by atoms with Gasteiger partial charge in [0, 0.05) is 30.5 Å². The van der Waals surface area contributed by atoms with Gasteiger partial charge >= 0.3 is 6.09 Å². The molecule has 146 valence electrons. The Morgan fingerprint density at radius 3 is 2.70 bits per heavy atom. The zero-order chi connectivity index (χ0) is 19.4. The van der Waals surface area contributed by atoms with Crippen molar-refractivity contribution in [1.82, 2.24) is 9.88 Å². The van der Waals surface area contributed by atoms with Crippen molar-refractivity contribution in [1.29, 1.82) is 0 Å². The standard InChI is InChI=1S/C20H28N4O3/c1-14-11-15(5-8-21-14)18-22-12-16(23-18)13-26-17-6-9-24(10-7-17)19(25)27-20(2,3)4/h5,8,11,17H,6-7,9-10,12-13H2,1-4H3. The molecule has 2 aliphatic rings. The van der Waals surface area contributed by atoms with Crippen molar-refractivity contribution in [3.05, 3.63) is 29.6 Å². The number of aliphatic imine (C=N–C) groups is 2. The normalized spacial score (nSPS) is 18.3. The second-order valence-electron chi connectivity index (χ2n) is 7.98. The molecule has 0 atom stereocenters. The molecule has 1 aromatic heterocycles. The van der Waals surface area contributed by atoms with Gasteiger partial charge in [-0.2, -0.15) is 0 Å². The first-order valence-corrected chi connectivity index (χ1v) is 9.43. The molecule has 1 fully saturated rings. The zero-order valence-electron chi connectivity index (χ0n) is 16.6. The quantitative estimate of drug-likeness (QED) is 0.814. The van der Waals surface area contributed by atoms with Gasteiger partial charge < -0.3 is 14.4 Å². The number of hydrogen-bond donors (Lipinski definition) is 0. The van der Waals surface area contributed by atoms with E-state index in [0.29, 0.717) is 26.2 Å². The van der Waals surface area contributed by atoms with Crippen LogP contribution in [0, 0.1) is 6.92 Å². The lowest BCUT2D eigenvalue weighted by Gasteiger charge is -2.33. The Morgan fingerprint density at radius 1 is 1.30 bits per heavy atom. The van der Waals surface area contributed by atoms with E-state index in [1.165, 1.54) is 0 Å². The molecule has 7 heteroatoms. The Hall–Kier alpha value is -2.28. The van der Waals surface area contributed by atoms with Crippen molar-refractivity contribution in [3.63, 3.8) is 0 Å². The van der Waals surface area contributed by atoms with Crippen LogP contribution < -0.4 is 0 Å². The van der Waals surface area contributed by atoms with Crippen LogP contribution in [0.2, 0.25) is 0 Å². The summed E-state index contributed by atoms with van der Waals surface area (Å²) in [5.41, 5.74) is 2.42. The number of amidine groups is 1. The number of aromatic nitrogens is 1. The lowest BCUT2D eigenvalue weighted by atomic mass is 10.1. The highest BCUT2D eigenvalue weighted by atomic mass is 16.6. The van der Waals surface area contributed by atoms with Gasteiger partial charge in [0.15, 0.2) is 5.84 Å². The summed E-state index contributed by atoms with van der Waals surface area (Å²) in [6, 6.07) is 3.91. The van der Waals surface area contributed by atoms with Gasteiger partial charge in [0.1, 0.15) is 5.60 Å². The minimum atomic E-state index is -0.462. The van der Waals surface area contributed by atoms with Crippen LogP contribution in [0.1, 0.15) is 44.9 Å². The predicted molar refractivity (Wildman–Crippen MR) is 105 cm³/mol. The van der Waals surface area contributed by atoms with Crippen molar-refractivity contribution in [2.45, 2.75) is 52.2 Å². The molecule has 1 amide bonds. The number of ether oxygens (including phenoxy) is 2. The Bertz CT molecular complexity index is 744. The number of amides is 1. The molecule has 0 N–H and O–H groups in total. The van der Waals surface area contributed by atoms with E-state index in [-0.39, 0.29) is 12.2 Å². The number of hydrogen-bond acceptors (Lipinski definition) is 6. The highest BCUT2D eigenvalue weighted by Gasteiger charge is 2.27. The van der Waals surface area contributed by atoms with Gasteiger partial charge in [-0.3, -0.25) is 9.98 Å². The molecular formula is C20H28N4O3. The van der Waals surface area contributed by atoms with Crippen LogP contribution in [0.25, 0.3) is 0 Å². The molecule has 0 bridgehead atoms. The fourth-order valence-electron chi connectivity index (χ4n) is 3.05. The first kappa shape index (κ1) is 19.5. The Labute approximate surface area is 160 Å². The van der Waals surface area contributed by atoms with Crippen molar-refractivity contribution >= 4 is 17.6 Å². The smallest absolute Gasteiger partial charge is 0.410 e. The molecule has 3 heterocycles. The van der Waals surface area contributed by atoms with E-state index in [0.717, 1.165) is 35.6 Å². The SMILES string of the molecule is Cc1cc(C2=NCC(COC3CCN(C(=O)OC(C)(C)C)CC3)=N2)ccn1. The average molecular weight is 372 g/mol. The maximum absolute atomic E-state index is 12.1. The van der Waals surface area contributed by atoms with Gasteiger partial charge in [0.2, 0.25) is 0 Å². The summed E-state index contributed by atoms with van der Waals surface area (Å²) in [5, 5.41) is 0. The summed E-state index contributed by atoms with van der Waals surface area (Å²) >= 11 is 0. The van der Waals surface area contributed by atoms with E-state index in [2.05, 4.69) is 15.0 Å². The van der Waals surface area contributed by atoms with E-state index in [9.17, 15) is 4.79 Å². The maximum Gasteiger partial charge on any atom is 0.410 e. The Kier molecular flexibility index (Phi) is 5.89. The van der Waals surface area contributed by atoms with Gasteiger partial charge in [0.05, 0.1) is 25.0 Å². The zero-order valence-corrected chi connectivity index (χ0v) is 16.6. The molecular weight excluding hydrogens is 344 g/mol. The third kappa shape index (κ3) is 5.60. The van der Waals surface area contributed by atoms with Crippen molar-refractivity contribution < 1.29 is 14.3 Å². The number of pyridine rings is 1. The van der Waals surface area contributed by atoms with Gasteiger partial charge in [-0.05, 0) is 52.7 Å². The Morgan fingerprint density at radius 2 is 2.04 bits per heavy atom. The fourth-order valence-corrected chi connectivity index (χ4v) is 3.05. The van der Waals surface area contributed by atoms with Gasteiger partial charge in [-0.1, -0.05) is 0 Å². The second-order valence-corrected chi connectivity index (χ2v) is 7.98. The molecule has 1 saturated heterocycles. The summed E-state index contributed by atoms with van der Waals surface area (Å²) in [7, 11) is 0. The first-order chi connectivity index (χ1) is 12.8. The van der Waals surface area contributed by atoms with Crippen molar-refractivity contribution in [2.75, 3.05) is 26.2 Å².